The monoisotopic (exact) mass is 335 g/mol. The number of likely N-dealkylation sites (tertiary alicyclic amines) is 1. The number of nitrogens with zero attached hydrogens (tertiary/aromatic N) is 4. The Bertz CT molecular complexity index is 736. The largest absolute Gasteiger partial charge is 0.335 e. The lowest BCUT2D eigenvalue weighted by molar-refractivity contribution is 0.0776. The number of amides is 1. The van der Waals surface area contributed by atoms with Crippen molar-refractivity contribution in [1.29, 1.82) is 0 Å². The van der Waals surface area contributed by atoms with E-state index in [0.29, 0.717) is 29.7 Å². The molecule has 7 heteroatoms. The van der Waals surface area contributed by atoms with Crippen LogP contribution < -0.4 is 5.73 Å². The summed E-state index contributed by atoms with van der Waals surface area (Å²) in [7, 11) is 0. The molecular weight excluding hydrogens is 314 g/mol. The highest BCUT2D eigenvalue weighted by Crippen LogP contribution is 2.31. The van der Waals surface area contributed by atoms with Gasteiger partial charge >= 0.3 is 0 Å². The zero-order chi connectivity index (χ0) is 16.8. The Kier molecular flexibility index (Phi) is 4.06. The van der Waals surface area contributed by atoms with Crippen molar-refractivity contribution in [3.05, 3.63) is 29.2 Å². The van der Waals surface area contributed by atoms with Crippen molar-refractivity contribution >= 4 is 23.2 Å². The Morgan fingerprint density at radius 2 is 2.17 bits per heavy atom. The SMILES string of the molecule is CC(C)(C)C[C@@H]1CN(C(=O)c2nn3cccnc3c2Cl)C[C@H]1N. The van der Waals surface area contributed by atoms with E-state index in [1.54, 1.807) is 23.4 Å². The zero-order valence-electron chi connectivity index (χ0n) is 13.7. The fraction of sp³-hybridized carbons (Fsp3) is 0.562. The maximum Gasteiger partial charge on any atom is 0.276 e. The van der Waals surface area contributed by atoms with E-state index in [4.69, 9.17) is 17.3 Å². The molecule has 1 saturated heterocycles. The molecule has 6 nitrogen and oxygen atoms in total. The Labute approximate surface area is 140 Å². The third kappa shape index (κ3) is 3.19. The van der Waals surface area contributed by atoms with E-state index in [0.717, 1.165) is 6.42 Å². The molecule has 0 bridgehead atoms. The van der Waals surface area contributed by atoms with E-state index < -0.39 is 0 Å². The second-order valence-electron chi connectivity index (χ2n) is 7.45. The van der Waals surface area contributed by atoms with E-state index in [2.05, 4.69) is 30.9 Å². The van der Waals surface area contributed by atoms with Crippen molar-refractivity contribution in [1.82, 2.24) is 19.5 Å². The van der Waals surface area contributed by atoms with Crippen LogP contribution in [0.1, 0.15) is 37.7 Å². The van der Waals surface area contributed by atoms with Gasteiger partial charge in [-0.1, -0.05) is 32.4 Å². The highest BCUT2D eigenvalue weighted by molar-refractivity contribution is 6.36. The van der Waals surface area contributed by atoms with Gasteiger partial charge in [-0.05, 0) is 23.8 Å². The van der Waals surface area contributed by atoms with Crippen molar-refractivity contribution in [2.24, 2.45) is 17.1 Å². The van der Waals surface area contributed by atoms with Crippen molar-refractivity contribution < 1.29 is 4.79 Å². The van der Waals surface area contributed by atoms with Crippen LogP contribution in [0.15, 0.2) is 18.5 Å². The van der Waals surface area contributed by atoms with Crippen LogP contribution in [0, 0.1) is 11.3 Å². The highest BCUT2D eigenvalue weighted by atomic mass is 35.5. The molecule has 124 valence electrons. The molecule has 1 amide bonds. The molecule has 2 atom stereocenters. The second-order valence-corrected chi connectivity index (χ2v) is 7.83. The lowest BCUT2D eigenvalue weighted by Crippen LogP contribution is -2.33. The van der Waals surface area contributed by atoms with E-state index in [9.17, 15) is 4.79 Å². The number of fused-ring (bicyclic) bond motifs is 1. The molecule has 3 rings (SSSR count). The van der Waals surface area contributed by atoms with Gasteiger partial charge in [0.15, 0.2) is 11.3 Å². The third-order valence-corrected chi connectivity index (χ3v) is 4.54. The third-order valence-electron chi connectivity index (χ3n) is 4.20. The summed E-state index contributed by atoms with van der Waals surface area (Å²) in [4.78, 5) is 18.7. The first kappa shape index (κ1) is 16.2. The van der Waals surface area contributed by atoms with Gasteiger partial charge in [0.1, 0.15) is 5.02 Å². The molecule has 0 aromatic carbocycles. The minimum absolute atomic E-state index is 0.00731. The van der Waals surface area contributed by atoms with E-state index >= 15 is 0 Å². The first-order valence-electron chi connectivity index (χ1n) is 7.80. The number of hydrogen-bond acceptors (Lipinski definition) is 4. The van der Waals surface area contributed by atoms with Crippen molar-refractivity contribution in [3.8, 4) is 0 Å². The van der Waals surface area contributed by atoms with Crippen LogP contribution >= 0.6 is 11.6 Å². The molecule has 3 heterocycles. The Morgan fingerprint density at radius 3 is 2.83 bits per heavy atom. The van der Waals surface area contributed by atoms with Crippen LogP contribution in [0.25, 0.3) is 5.65 Å². The summed E-state index contributed by atoms with van der Waals surface area (Å²) in [5.74, 6) is 0.125. The van der Waals surface area contributed by atoms with Crippen molar-refractivity contribution in [2.45, 2.75) is 33.2 Å². The smallest absolute Gasteiger partial charge is 0.276 e. The van der Waals surface area contributed by atoms with E-state index in [-0.39, 0.29) is 23.1 Å². The molecule has 0 saturated carbocycles. The van der Waals surface area contributed by atoms with Crippen LogP contribution in [-0.2, 0) is 0 Å². The molecule has 1 aliphatic heterocycles. The first-order valence-corrected chi connectivity index (χ1v) is 8.18. The fourth-order valence-corrected chi connectivity index (χ4v) is 3.46. The molecule has 1 fully saturated rings. The molecule has 1 aliphatic rings. The molecule has 0 aliphatic carbocycles. The number of aromatic nitrogens is 3. The van der Waals surface area contributed by atoms with Gasteiger partial charge in [0.2, 0.25) is 0 Å². The molecule has 0 spiro atoms. The summed E-state index contributed by atoms with van der Waals surface area (Å²) in [5.41, 5.74) is 7.16. The van der Waals surface area contributed by atoms with Crippen LogP contribution in [-0.4, -0.2) is 44.5 Å². The molecule has 2 N–H and O–H groups in total. The average Bonchev–Trinajstić information content (AvgIpc) is 2.99. The molecule has 0 unspecified atom stereocenters. The van der Waals surface area contributed by atoms with Gasteiger partial charge < -0.3 is 10.6 Å². The molecule has 23 heavy (non-hydrogen) atoms. The number of hydrogen-bond donors (Lipinski definition) is 1. The summed E-state index contributed by atoms with van der Waals surface area (Å²) in [6.07, 6.45) is 4.34. The number of carbonyl (C=O) groups excluding carboxylic acids is 1. The standard InChI is InChI=1S/C16H22ClN5O/c1-16(2,3)7-10-8-21(9-11(10)18)15(23)13-12(17)14-19-5-4-6-22(14)20-13/h4-6,10-11H,7-9,18H2,1-3H3/t10-,11-/m1/s1. The molecule has 2 aromatic heterocycles. The minimum Gasteiger partial charge on any atom is -0.335 e. The van der Waals surface area contributed by atoms with Crippen LogP contribution in [0.5, 0.6) is 0 Å². The number of rotatable bonds is 2. The van der Waals surface area contributed by atoms with Crippen LogP contribution in [0.3, 0.4) is 0 Å². The lowest BCUT2D eigenvalue weighted by Gasteiger charge is -2.24. The van der Waals surface area contributed by atoms with Gasteiger partial charge in [-0.3, -0.25) is 4.79 Å². The van der Waals surface area contributed by atoms with Crippen LogP contribution in [0.2, 0.25) is 5.02 Å². The van der Waals surface area contributed by atoms with Gasteiger partial charge in [0.05, 0.1) is 0 Å². The molecular formula is C16H22ClN5O. The van der Waals surface area contributed by atoms with Gasteiger partial charge in [0.25, 0.3) is 5.91 Å². The number of nitrogens with two attached hydrogens (primary N) is 1. The zero-order valence-corrected chi connectivity index (χ0v) is 14.4. The lowest BCUT2D eigenvalue weighted by atomic mass is 9.83. The van der Waals surface area contributed by atoms with Gasteiger partial charge in [-0.25, -0.2) is 9.50 Å². The molecule has 0 radical (unpaired) electrons. The highest BCUT2D eigenvalue weighted by Gasteiger charge is 2.37. The summed E-state index contributed by atoms with van der Waals surface area (Å²) >= 11 is 6.29. The maximum atomic E-state index is 12.8. The van der Waals surface area contributed by atoms with Crippen molar-refractivity contribution in [2.75, 3.05) is 13.1 Å². The second kappa shape index (κ2) is 5.76. The van der Waals surface area contributed by atoms with Gasteiger partial charge in [-0.15, -0.1) is 0 Å². The van der Waals surface area contributed by atoms with Crippen molar-refractivity contribution in [3.63, 3.8) is 0 Å². The van der Waals surface area contributed by atoms with E-state index in [1.165, 1.54) is 4.52 Å². The average molecular weight is 336 g/mol. The minimum atomic E-state index is -0.174. The first-order chi connectivity index (χ1) is 10.8. The van der Waals surface area contributed by atoms with Crippen LogP contribution in [0.4, 0.5) is 0 Å². The Hall–Kier alpha value is -1.66. The summed E-state index contributed by atoms with van der Waals surface area (Å²) in [5, 5.41) is 4.57. The Balaban J connectivity index is 1.82. The number of halogens is 1. The molecule has 2 aromatic rings. The van der Waals surface area contributed by atoms with Gasteiger partial charge in [0, 0.05) is 31.5 Å². The van der Waals surface area contributed by atoms with Gasteiger partial charge in [-0.2, -0.15) is 5.10 Å². The topological polar surface area (TPSA) is 76.5 Å². The predicted molar refractivity (Wildman–Crippen MR) is 89.4 cm³/mol. The maximum absolute atomic E-state index is 12.8. The summed E-state index contributed by atoms with van der Waals surface area (Å²) in [6.45, 7) is 7.75. The Morgan fingerprint density at radius 1 is 1.43 bits per heavy atom. The quantitative estimate of drug-likeness (QED) is 0.913. The predicted octanol–water partition coefficient (Wildman–Crippen LogP) is 2.22. The number of carbonyl (C=O) groups is 1. The summed E-state index contributed by atoms with van der Waals surface area (Å²) < 4.78 is 1.53. The summed E-state index contributed by atoms with van der Waals surface area (Å²) in [6, 6.07) is 1.74. The fourth-order valence-electron chi connectivity index (χ4n) is 3.21. The normalized spacial score (nSPS) is 22.0. The van der Waals surface area contributed by atoms with E-state index in [1.807, 2.05) is 0 Å².